The van der Waals surface area contributed by atoms with Crippen molar-refractivity contribution in [3.63, 3.8) is 0 Å². The normalized spacial score (nSPS) is 17.6. The Kier molecular flexibility index (Phi) is 5.71. The van der Waals surface area contributed by atoms with Crippen LogP contribution in [0.3, 0.4) is 0 Å². The van der Waals surface area contributed by atoms with E-state index in [1.165, 1.54) is 18.1 Å². The number of hydrogen-bond donors (Lipinski definition) is 2. The third-order valence-electron chi connectivity index (χ3n) is 5.13. The van der Waals surface area contributed by atoms with Crippen molar-refractivity contribution in [3.05, 3.63) is 87.8 Å². The van der Waals surface area contributed by atoms with Crippen LogP contribution >= 0.6 is 15.9 Å². The molecule has 1 aliphatic rings. The molecule has 162 valence electrons. The molecule has 0 bridgehead atoms. The Bertz CT molecular complexity index is 1260. The summed E-state index contributed by atoms with van der Waals surface area (Å²) in [6.45, 7) is 3.24. The highest BCUT2D eigenvalue weighted by Gasteiger charge is 2.48. The van der Waals surface area contributed by atoms with Gasteiger partial charge in [-0.1, -0.05) is 28.1 Å². The molecule has 2 heterocycles. The van der Waals surface area contributed by atoms with E-state index in [0.717, 1.165) is 10.0 Å². The van der Waals surface area contributed by atoms with E-state index >= 15 is 0 Å². The number of carbonyl (C=O) groups excluding carboxylic acids is 3. The highest BCUT2D eigenvalue weighted by molar-refractivity contribution is 9.10. The molecule has 2 aromatic carbocycles. The number of furan rings is 1. The standard InChI is InChI=1S/C24H19BrN2O5/c1-13-11-15(8-9-18(13)25)22(29)20-21(19-7-4-10-32-19)27(24(31)23(20)30)17-6-3-5-16(12-17)26-14(2)28/h3-12,21,29H,1-2H3,(H,26,28)/b22-20-. The lowest BCUT2D eigenvalue weighted by Gasteiger charge is -2.24. The van der Waals surface area contributed by atoms with Gasteiger partial charge in [0.05, 0.1) is 11.8 Å². The second-order valence-electron chi connectivity index (χ2n) is 7.38. The summed E-state index contributed by atoms with van der Waals surface area (Å²) >= 11 is 3.42. The number of amides is 2. The molecule has 0 aliphatic carbocycles. The summed E-state index contributed by atoms with van der Waals surface area (Å²) in [5, 5.41) is 13.8. The zero-order chi connectivity index (χ0) is 23.0. The van der Waals surface area contributed by atoms with Gasteiger partial charge in [-0.2, -0.15) is 0 Å². The molecule has 1 fully saturated rings. The van der Waals surface area contributed by atoms with Crippen LogP contribution < -0.4 is 10.2 Å². The van der Waals surface area contributed by atoms with Gasteiger partial charge in [-0.15, -0.1) is 0 Å². The number of rotatable bonds is 4. The number of ketones is 1. The highest BCUT2D eigenvalue weighted by atomic mass is 79.9. The summed E-state index contributed by atoms with van der Waals surface area (Å²) in [5.74, 6) is -1.86. The summed E-state index contributed by atoms with van der Waals surface area (Å²) in [6.07, 6.45) is 1.44. The smallest absolute Gasteiger partial charge is 0.300 e. The Morgan fingerprint density at radius 3 is 2.56 bits per heavy atom. The van der Waals surface area contributed by atoms with Crippen LogP contribution in [0, 0.1) is 6.92 Å². The maximum atomic E-state index is 13.1. The highest BCUT2D eigenvalue weighted by Crippen LogP contribution is 2.43. The predicted octanol–water partition coefficient (Wildman–Crippen LogP) is 4.94. The summed E-state index contributed by atoms with van der Waals surface area (Å²) in [4.78, 5) is 38.9. The molecule has 8 heteroatoms. The van der Waals surface area contributed by atoms with Gasteiger partial charge in [0.25, 0.3) is 11.7 Å². The van der Waals surface area contributed by atoms with Crippen LogP contribution in [0.2, 0.25) is 0 Å². The van der Waals surface area contributed by atoms with Gasteiger partial charge >= 0.3 is 0 Å². The van der Waals surface area contributed by atoms with Crippen molar-refractivity contribution >= 4 is 50.7 Å². The third-order valence-corrected chi connectivity index (χ3v) is 6.02. The molecule has 32 heavy (non-hydrogen) atoms. The largest absolute Gasteiger partial charge is 0.507 e. The Morgan fingerprint density at radius 2 is 1.91 bits per heavy atom. The minimum Gasteiger partial charge on any atom is -0.507 e. The molecule has 2 N–H and O–H groups in total. The van der Waals surface area contributed by atoms with Crippen molar-refractivity contribution in [1.29, 1.82) is 0 Å². The van der Waals surface area contributed by atoms with Crippen molar-refractivity contribution in [2.24, 2.45) is 0 Å². The van der Waals surface area contributed by atoms with Crippen molar-refractivity contribution in [2.45, 2.75) is 19.9 Å². The number of aliphatic hydroxyl groups excluding tert-OH is 1. The van der Waals surface area contributed by atoms with E-state index in [1.54, 1.807) is 54.6 Å². The van der Waals surface area contributed by atoms with Gasteiger partial charge in [0.2, 0.25) is 5.91 Å². The van der Waals surface area contributed by atoms with Crippen LogP contribution in [0.5, 0.6) is 0 Å². The Hall–Kier alpha value is -3.65. The maximum absolute atomic E-state index is 13.1. The average Bonchev–Trinajstić information content (AvgIpc) is 3.36. The van der Waals surface area contributed by atoms with Crippen molar-refractivity contribution in [3.8, 4) is 0 Å². The molecule has 0 radical (unpaired) electrons. The Labute approximate surface area is 192 Å². The predicted molar refractivity (Wildman–Crippen MR) is 123 cm³/mol. The summed E-state index contributed by atoms with van der Waals surface area (Å²) in [5.41, 5.74) is 2.05. The fourth-order valence-electron chi connectivity index (χ4n) is 3.70. The second kappa shape index (κ2) is 8.47. The second-order valence-corrected chi connectivity index (χ2v) is 8.23. The van der Waals surface area contributed by atoms with Crippen LogP contribution in [-0.2, 0) is 14.4 Å². The first-order valence-electron chi connectivity index (χ1n) is 9.76. The van der Waals surface area contributed by atoms with Gasteiger partial charge in [-0.05, 0) is 55.0 Å². The molecule has 1 aliphatic heterocycles. The zero-order valence-electron chi connectivity index (χ0n) is 17.3. The first-order valence-corrected chi connectivity index (χ1v) is 10.6. The monoisotopic (exact) mass is 494 g/mol. The molecule has 1 unspecified atom stereocenters. The van der Waals surface area contributed by atoms with Crippen molar-refractivity contribution < 1.29 is 23.9 Å². The number of benzene rings is 2. The molecule has 1 saturated heterocycles. The van der Waals surface area contributed by atoms with Crippen LogP contribution in [0.4, 0.5) is 11.4 Å². The molecule has 0 saturated carbocycles. The van der Waals surface area contributed by atoms with E-state index in [9.17, 15) is 19.5 Å². The fraction of sp³-hybridized carbons (Fsp3) is 0.125. The SMILES string of the molecule is CC(=O)Nc1cccc(N2C(=O)C(=O)/C(=C(\O)c3ccc(Br)c(C)c3)C2c2ccco2)c1. The van der Waals surface area contributed by atoms with Gasteiger partial charge in [-0.25, -0.2) is 0 Å². The van der Waals surface area contributed by atoms with E-state index in [4.69, 9.17) is 4.42 Å². The van der Waals surface area contributed by atoms with Crippen LogP contribution in [0.25, 0.3) is 5.76 Å². The maximum Gasteiger partial charge on any atom is 0.300 e. The van der Waals surface area contributed by atoms with E-state index in [0.29, 0.717) is 22.7 Å². The van der Waals surface area contributed by atoms with E-state index in [1.807, 2.05) is 6.92 Å². The number of nitrogens with one attached hydrogen (secondary N) is 1. The number of Topliss-reactive ketones (excluding diaryl/α,β-unsaturated/α-hetero) is 1. The van der Waals surface area contributed by atoms with Gasteiger partial charge in [-0.3, -0.25) is 19.3 Å². The summed E-state index contributed by atoms with van der Waals surface area (Å²) in [6, 6.07) is 14.0. The quantitative estimate of drug-likeness (QED) is 0.304. The van der Waals surface area contributed by atoms with Crippen LogP contribution in [-0.4, -0.2) is 22.7 Å². The lowest BCUT2D eigenvalue weighted by atomic mass is 9.98. The van der Waals surface area contributed by atoms with Crippen molar-refractivity contribution in [2.75, 3.05) is 10.2 Å². The van der Waals surface area contributed by atoms with E-state index in [2.05, 4.69) is 21.2 Å². The van der Waals surface area contributed by atoms with Gasteiger partial charge in [0.15, 0.2) is 0 Å². The molecular weight excluding hydrogens is 476 g/mol. The van der Waals surface area contributed by atoms with Gasteiger partial charge in [0, 0.05) is 28.3 Å². The number of nitrogens with zero attached hydrogens (tertiary/aromatic N) is 1. The third kappa shape index (κ3) is 3.85. The van der Waals surface area contributed by atoms with E-state index in [-0.39, 0.29) is 17.2 Å². The molecule has 1 aromatic heterocycles. The topological polar surface area (TPSA) is 99.9 Å². The van der Waals surface area contributed by atoms with Gasteiger partial charge < -0.3 is 14.8 Å². The number of anilines is 2. The number of hydrogen-bond acceptors (Lipinski definition) is 5. The number of aliphatic hydroxyl groups is 1. The molecule has 1 atom stereocenters. The minimum absolute atomic E-state index is 0.0726. The molecule has 4 rings (SSSR count). The minimum atomic E-state index is -0.971. The molecular formula is C24H19BrN2O5. The molecule has 2 amide bonds. The number of halogens is 1. The van der Waals surface area contributed by atoms with Gasteiger partial charge in [0.1, 0.15) is 17.6 Å². The summed E-state index contributed by atoms with van der Waals surface area (Å²) < 4.78 is 6.40. The fourth-order valence-corrected chi connectivity index (χ4v) is 3.95. The number of carbonyl (C=O) groups is 3. The first kappa shape index (κ1) is 21.6. The molecule has 0 spiro atoms. The lowest BCUT2D eigenvalue weighted by Crippen LogP contribution is -2.29. The summed E-state index contributed by atoms with van der Waals surface area (Å²) in [7, 11) is 0. The van der Waals surface area contributed by atoms with Crippen LogP contribution in [0.15, 0.2) is 75.3 Å². The first-order chi connectivity index (χ1) is 15.3. The zero-order valence-corrected chi connectivity index (χ0v) is 18.8. The van der Waals surface area contributed by atoms with E-state index < -0.39 is 17.7 Å². The number of aryl methyl sites for hydroxylation is 1. The Balaban J connectivity index is 1.89. The van der Waals surface area contributed by atoms with Crippen LogP contribution in [0.1, 0.15) is 29.9 Å². The van der Waals surface area contributed by atoms with Crippen molar-refractivity contribution in [1.82, 2.24) is 0 Å². The molecule has 7 nitrogen and oxygen atoms in total. The Morgan fingerprint density at radius 1 is 1.12 bits per heavy atom. The average molecular weight is 495 g/mol. The lowest BCUT2D eigenvalue weighted by molar-refractivity contribution is -0.132. The molecule has 3 aromatic rings.